The number of hydrogen-bond donors (Lipinski definition) is 1. The maximum absolute atomic E-state index is 5.74. The van der Waals surface area contributed by atoms with Crippen LogP contribution in [-0.4, -0.2) is 11.9 Å². The first kappa shape index (κ1) is 9.25. The van der Waals surface area contributed by atoms with Crippen molar-refractivity contribution >= 4 is 11.6 Å². The van der Waals surface area contributed by atoms with Crippen LogP contribution >= 0.6 is 11.6 Å². The molecule has 2 N–H and O–H groups in total. The molecule has 0 bridgehead atoms. The fourth-order valence-electron chi connectivity index (χ4n) is 0.646. The third kappa shape index (κ3) is 4.73. The Labute approximate surface area is 62.6 Å². The van der Waals surface area contributed by atoms with Gasteiger partial charge in [0.2, 0.25) is 0 Å². The molecule has 0 fully saturated rings. The van der Waals surface area contributed by atoms with Crippen molar-refractivity contribution in [2.45, 2.75) is 32.7 Å². The monoisotopic (exact) mass is 149 g/mol. The second-order valence-corrected chi connectivity index (χ2v) is 3.12. The quantitative estimate of drug-likeness (QED) is 0.608. The molecule has 0 aliphatic heterocycles. The van der Waals surface area contributed by atoms with Gasteiger partial charge in [0.05, 0.1) is 0 Å². The van der Waals surface area contributed by atoms with Gasteiger partial charge in [0.15, 0.2) is 0 Å². The maximum atomic E-state index is 5.74. The highest BCUT2D eigenvalue weighted by Gasteiger charge is 2.05. The number of rotatable bonds is 4. The molecular formula is C7H16ClN. The Bertz CT molecular complexity index is 63.9. The van der Waals surface area contributed by atoms with Crippen LogP contribution in [0.5, 0.6) is 0 Å². The average molecular weight is 150 g/mol. The van der Waals surface area contributed by atoms with Crippen LogP contribution in [0.1, 0.15) is 26.7 Å². The predicted octanol–water partition coefficient (Wildman–Crippen LogP) is 1.99. The van der Waals surface area contributed by atoms with Gasteiger partial charge in [0.25, 0.3) is 0 Å². The van der Waals surface area contributed by atoms with Crippen molar-refractivity contribution in [3.8, 4) is 0 Å². The Kier molecular flexibility index (Phi) is 5.21. The molecule has 56 valence electrons. The number of alkyl halides is 1. The molecule has 0 aromatic rings. The Morgan fingerprint density at radius 1 is 1.44 bits per heavy atom. The fraction of sp³-hybridized carbons (Fsp3) is 1.00. The second kappa shape index (κ2) is 5.07. The van der Waals surface area contributed by atoms with E-state index in [9.17, 15) is 0 Å². The molecule has 0 aromatic carbocycles. The standard InChI is InChI=1S/C7H16ClN/c1-6(2)7(9)4-3-5-8/h6-7H,3-5,9H2,1-2H3. The minimum Gasteiger partial charge on any atom is -0.327 e. The van der Waals surface area contributed by atoms with Crippen LogP contribution in [0, 0.1) is 5.92 Å². The van der Waals surface area contributed by atoms with E-state index in [-0.39, 0.29) is 0 Å². The summed E-state index contributed by atoms with van der Waals surface area (Å²) in [4.78, 5) is 0. The molecule has 0 spiro atoms. The van der Waals surface area contributed by atoms with Crippen molar-refractivity contribution in [1.29, 1.82) is 0 Å². The molecule has 0 aliphatic carbocycles. The van der Waals surface area contributed by atoms with Crippen LogP contribution in [0.25, 0.3) is 0 Å². The number of hydrogen-bond acceptors (Lipinski definition) is 1. The van der Waals surface area contributed by atoms with E-state index in [2.05, 4.69) is 13.8 Å². The van der Waals surface area contributed by atoms with Crippen LogP contribution in [0.15, 0.2) is 0 Å². The topological polar surface area (TPSA) is 26.0 Å². The highest BCUT2D eigenvalue weighted by molar-refractivity contribution is 6.17. The minimum atomic E-state index is 0.337. The smallest absolute Gasteiger partial charge is 0.0224 e. The van der Waals surface area contributed by atoms with Gasteiger partial charge in [-0.15, -0.1) is 11.6 Å². The summed E-state index contributed by atoms with van der Waals surface area (Å²) in [7, 11) is 0. The van der Waals surface area contributed by atoms with Crippen molar-refractivity contribution in [3.63, 3.8) is 0 Å². The Morgan fingerprint density at radius 3 is 2.33 bits per heavy atom. The Hall–Kier alpha value is 0.250. The summed E-state index contributed by atoms with van der Waals surface area (Å²) >= 11 is 5.49. The van der Waals surface area contributed by atoms with Gasteiger partial charge >= 0.3 is 0 Å². The largest absolute Gasteiger partial charge is 0.327 e. The lowest BCUT2D eigenvalue weighted by Gasteiger charge is -2.13. The van der Waals surface area contributed by atoms with Gasteiger partial charge in [0.1, 0.15) is 0 Å². The van der Waals surface area contributed by atoms with Crippen LogP contribution in [0.4, 0.5) is 0 Å². The molecule has 1 unspecified atom stereocenters. The predicted molar refractivity (Wildman–Crippen MR) is 42.8 cm³/mol. The summed E-state index contributed by atoms with van der Waals surface area (Å²) < 4.78 is 0. The van der Waals surface area contributed by atoms with Gasteiger partial charge in [-0.1, -0.05) is 13.8 Å². The molecule has 9 heavy (non-hydrogen) atoms. The normalized spacial score (nSPS) is 14.3. The average Bonchev–Trinajstić information content (AvgIpc) is 1.82. The molecule has 0 aromatic heterocycles. The van der Waals surface area contributed by atoms with Gasteiger partial charge in [-0.2, -0.15) is 0 Å². The van der Waals surface area contributed by atoms with E-state index in [1.165, 1.54) is 0 Å². The molecule has 0 radical (unpaired) electrons. The molecule has 0 amide bonds. The van der Waals surface area contributed by atoms with E-state index >= 15 is 0 Å². The molecule has 1 nitrogen and oxygen atoms in total. The first-order chi connectivity index (χ1) is 4.18. The SMILES string of the molecule is CC(C)C(N)CCCCl. The number of halogens is 1. The van der Waals surface area contributed by atoms with Gasteiger partial charge < -0.3 is 5.73 Å². The van der Waals surface area contributed by atoms with Crippen molar-refractivity contribution in [2.75, 3.05) is 5.88 Å². The minimum absolute atomic E-state index is 0.337. The van der Waals surface area contributed by atoms with Crippen molar-refractivity contribution in [3.05, 3.63) is 0 Å². The lowest BCUT2D eigenvalue weighted by molar-refractivity contribution is 0.461. The van der Waals surface area contributed by atoms with E-state index in [0.29, 0.717) is 12.0 Å². The Balaban J connectivity index is 3.16. The lowest BCUT2D eigenvalue weighted by atomic mass is 10.0. The highest BCUT2D eigenvalue weighted by Crippen LogP contribution is 2.05. The molecule has 0 heterocycles. The molecule has 1 atom stereocenters. The maximum Gasteiger partial charge on any atom is 0.0224 e. The van der Waals surface area contributed by atoms with Crippen molar-refractivity contribution in [2.24, 2.45) is 11.7 Å². The second-order valence-electron chi connectivity index (χ2n) is 2.74. The molecular weight excluding hydrogens is 134 g/mol. The van der Waals surface area contributed by atoms with Crippen molar-refractivity contribution in [1.82, 2.24) is 0 Å². The molecule has 2 heteroatoms. The van der Waals surface area contributed by atoms with Gasteiger partial charge in [-0.25, -0.2) is 0 Å². The fourth-order valence-corrected chi connectivity index (χ4v) is 0.800. The first-order valence-corrected chi connectivity index (χ1v) is 4.03. The van der Waals surface area contributed by atoms with Crippen LogP contribution < -0.4 is 5.73 Å². The van der Waals surface area contributed by atoms with Crippen LogP contribution in [0.3, 0.4) is 0 Å². The van der Waals surface area contributed by atoms with E-state index in [1.807, 2.05) is 0 Å². The van der Waals surface area contributed by atoms with E-state index < -0.39 is 0 Å². The van der Waals surface area contributed by atoms with Gasteiger partial charge in [-0.05, 0) is 18.8 Å². The van der Waals surface area contributed by atoms with Gasteiger partial charge in [-0.3, -0.25) is 0 Å². The zero-order chi connectivity index (χ0) is 7.28. The summed E-state index contributed by atoms with van der Waals surface area (Å²) in [5, 5.41) is 0. The molecule has 0 aliphatic rings. The van der Waals surface area contributed by atoms with Crippen molar-refractivity contribution < 1.29 is 0 Å². The molecule has 0 saturated carbocycles. The third-order valence-electron chi connectivity index (χ3n) is 1.53. The van der Waals surface area contributed by atoms with E-state index in [1.54, 1.807) is 0 Å². The lowest BCUT2D eigenvalue weighted by Crippen LogP contribution is -2.26. The summed E-state index contributed by atoms with van der Waals surface area (Å²) in [6, 6.07) is 0.337. The number of nitrogens with two attached hydrogens (primary N) is 1. The van der Waals surface area contributed by atoms with Crippen LogP contribution in [0.2, 0.25) is 0 Å². The van der Waals surface area contributed by atoms with Crippen LogP contribution in [-0.2, 0) is 0 Å². The molecule has 0 rings (SSSR count). The van der Waals surface area contributed by atoms with E-state index in [0.717, 1.165) is 18.7 Å². The zero-order valence-corrected chi connectivity index (χ0v) is 6.99. The summed E-state index contributed by atoms with van der Waals surface area (Å²) in [5.41, 5.74) is 5.74. The summed E-state index contributed by atoms with van der Waals surface area (Å²) in [6.07, 6.45) is 2.10. The third-order valence-corrected chi connectivity index (χ3v) is 1.79. The summed E-state index contributed by atoms with van der Waals surface area (Å²) in [5.74, 6) is 1.33. The molecule has 0 saturated heterocycles. The highest BCUT2D eigenvalue weighted by atomic mass is 35.5. The first-order valence-electron chi connectivity index (χ1n) is 3.50. The van der Waals surface area contributed by atoms with E-state index in [4.69, 9.17) is 17.3 Å². The zero-order valence-electron chi connectivity index (χ0n) is 6.23. The Morgan fingerprint density at radius 2 is 2.00 bits per heavy atom. The van der Waals surface area contributed by atoms with Gasteiger partial charge in [0, 0.05) is 11.9 Å². The summed E-state index contributed by atoms with van der Waals surface area (Å²) in [6.45, 7) is 4.28.